The first-order valence-electron chi connectivity index (χ1n) is 10.8. The van der Waals surface area contributed by atoms with Crippen molar-refractivity contribution in [2.75, 3.05) is 31.5 Å². The maximum absolute atomic E-state index is 13.1. The lowest BCUT2D eigenvalue weighted by atomic mass is 10.2. The molecule has 4 aromatic rings. The number of ether oxygens (including phenoxy) is 1. The predicted molar refractivity (Wildman–Crippen MR) is 123 cm³/mol. The van der Waals surface area contributed by atoms with E-state index in [1.807, 2.05) is 48.5 Å². The minimum absolute atomic E-state index is 0.177. The molecule has 2 heterocycles. The van der Waals surface area contributed by atoms with Crippen LogP contribution in [0.15, 0.2) is 77.3 Å². The van der Waals surface area contributed by atoms with Crippen LogP contribution in [0.2, 0.25) is 0 Å². The number of nitrogens with one attached hydrogen (secondary N) is 1. The molecule has 0 saturated carbocycles. The third-order valence-corrected chi connectivity index (χ3v) is 5.62. The maximum atomic E-state index is 13.1. The second-order valence-electron chi connectivity index (χ2n) is 7.92. The van der Waals surface area contributed by atoms with Crippen LogP contribution in [0.1, 0.15) is 5.56 Å². The van der Waals surface area contributed by atoms with E-state index >= 15 is 0 Å². The van der Waals surface area contributed by atoms with Gasteiger partial charge < -0.3 is 14.2 Å². The number of benzene rings is 3. The highest BCUT2D eigenvalue weighted by Crippen LogP contribution is 2.24. The van der Waals surface area contributed by atoms with Gasteiger partial charge in [0.15, 0.2) is 11.4 Å². The highest BCUT2D eigenvalue weighted by atomic mass is 19.1. The fraction of sp³-hybridized carbons (Fsp3) is 0.200. The third kappa shape index (κ3) is 4.96. The summed E-state index contributed by atoms with van der Waals surface area (Å²) in [6, 6.07) is 21.1. The molecule has 1 fully saturated rings. The largest absolute Gasteiger partial charge is 0.457 e. The van der Waals surface area contributed by atoms with Crippen LogP contribution in [0.3, 0.4) is 0 Å². The number of hydrogen-bond acceptors (Lipinski definition) is 5. The number of halogens is 1. The smallest absolute Gasteiger partial charge is 0.323 e. The van der Waals surface area contributed by atoms with Gasteiger partial charge >= 0.3 is 6.03 Å². The summed E-state index contributed by atoms with van der Waals surface area (Å²) in [4.78, 5) is 16.8. The van der Waals surface area contributed by atoms with Crippen LogP contribution in [0.4, 0.5) is 15.0 Å². The summed E-state index contributed by atoms with van der Waals surface area (Å²) in [6.45, 7) is 3.51. The van der Waals surface area contributed by atoms with E-state index in [9.17, 15) is 9.18 Å². The van der Waals surface area contributed by atoms with E-state index in [-0.39, 0.29) is 11.8 Å². The van der Waals surface area contributed by atoms with Gasteiger partial charge in [0, 0.05) is 32.7 Å². The van der Waals surface area contributed by atoms with Crippen LogP contribution in [0.5, 0.6) is 11.5 Å². The van der Waals surface area contributed by atoms with Gasteiger partial charge in [-0.1, -0.05) is 29.4 Å². The molecule has 2 amide bonds. The number of para-hydroxylation sites is 1. The zero-order valence-electron chi connectivity index (χ0n) is 17.9. The number of fused-ring (bicyclic) bond motifs is 1. The van der Waals surface area contributed by atoms with E-state index in [1.54, 1.807) is 17.0 Å². The van der Waals surface area contributed by atoms with Gasteiger partial charge in [0.2, 0.25) is 0 Å². The minimum Gasteiger partial charge on any atom is -0.457 e. The molecule has 0 radical (unpaired) electrons. The molecular weight excluding hydrogens is 423 g/mol. The number of aromatic nitrogens is 1. The lowest BCUT2D eigenvalue weighted by Gasteiger charge is -2.34. The fourth-order valence-corrected chi connectivity index (χ4v) is 3.87. The van der Waals surface area contributed by atoms with Crippen molar-refractivity contribution in [2.45, 2.75) is 6.54 Å². The molecule has 1 aliphatic heterocycles. The summed E-state index contributed by atoms with van der Waals surface area (Å²) >= 11 is 0. The Kier molecular flexibility index (Phi) is 5.91. The number of nitrogens with zero attached hydrogens (tertiary/aromatic N) is 3. The Bertz CT molecular complexity index is 1250. The lowest BCUT2D eigenvalue weighted by molar-refractivity contribution is 0.143. The zero-order valence-corrected chi connectivity index (χ0v) is 17.9. The number of anilines is 1. The van der Waals surface area contributed by atoms with Gasteiger partial charge in [-0.3, -0.25) is 10.2 Å². The fourth-order valence-electron chi connectivity index (χ4n) is 3.87. The van der Waals surface area contributed by atoms with Crippen molar-refractivity contribution >= 4 is 22.8 Å². The summed E-state index contributed by atoms with van der Waals surface area (Å²) in [6.07, 6.45) is 0. The first-order chi connectivity index (χ1) is 16.1. The van der Waals surface area contributed by atoms with E-state index in [2.05, 4.69) is 15.4 Å². The normalized spacial score (nSPS) is 14.4. The van der Waals surface area contributed by atoms with E-state index < -0.39 is 0 Å². The maximum Gasteiger partial charge on any atom is 0.323 e. The number of hydrogen-bond donors (Lipinski definition) is 1. The van der Waals surface area contributed by atoms with Crippen LogP contribution in [0, 0.1) is 5.82 Å². The molecule has 1 aromatic heterocycles. The molecule has 8 heteroatoms. The number of carbonyl (C=O) groups is 1. The molecule has 168 valence electrons. The van der Waals surface area contributed by atoms with Crippen molar-refractivity contribution in [1.82, 2.24) is 15.0 Å². The van der Waals surface area contributed by atoms with Crippen LogP contribution < -0.4 is 10.1 Å². The zero-order chi connectivity index (χ0) is 22.6. The Hall–Kier alpha value is -3.91. The van der Waals surface area contributed by atoms with Crippen LogP contribution in [-0.4, -0.2) is 47.2 Å². The topological polar surface area (TPSA) is 70.8 Å². The first-order valence-corrected chi connectivity index (χ1v) is 10.8. The molecule has 7 nitrogen and oxygen atoms in total. The summed E-state index contributed by atoms with van der Waals surface area (Å²) in [7, 11) is 0. The minimum atomic E-state index is -0.293. The molecule has 0 atom stereocenters. The van der Waals surface area contributed by atoms with Gasteiger partial charge in [-0.05, 0) is 54.1 Å². The molecule has 0 spiro atoms. The van der Waals surface area contributed by atoms with Gasteiger partial charge in [0.05, 0.1) is 5.39 Å². The molecule has 0 unspecified atom stereocenters. The standard InChI is InChI=1S/C25H23FN4O3/c26-19-8-10-20(11-9-19)32-21-5-3-4-18(16-21)17-29-12-14-30(15-13-29)25(31)27-24-22-6-1-2-7-23(22)33-28-24/h1-11,16H,12-15,17H2,(H,27,28,31). The highest BCUT2D eigenvalue weighted by molar-refractivity contribution is 5.98. The summed E-state index contributed by atoms with van der Waals surface area (Å²) in [5.74, 6) is 1.44. The molecule has 5 rings (SSSR count). The monoisotopic (exact) mass is 446 g/mol. The molecule has 3 aromatic carbocycles. The lowest BCUT2D eigenvalue weighted by Crippen LogP contribution is -2.49. The van der Waals surface area contributed by atoms with Crippen LogP contribution in [-0.2, 0) is 6.54 Å². The number of carbonyl (C=O) groups excluding carboxylic acids is 1. The summed E-state index contributed by atoms with van der Waals surface area (Å²) < 4.78 is 24.2. The SMILES string of the molecule is O=C(Nc1noc2ccccc12)N1CCN(Cc2cccc(Oc3ccc(F)cc3)c2)CC1. The van der Waals surface area contributed by atoms with E-state index in [1.165, 1.54) is 12.1 Å². The van der Waals surface area contributed by atoms with Crippen molar-refractivity contribution in [3.05, 3.63) is 84.2 Å². The number of rotatable bonds is 5. The summed E-state index contributed by atoms with van der Waals surface area (Å²) in [5, 5.41) is 7.61. The third-order valence-electron chi connectivity index (χ3n) is 5.62. The Morgan fingerprint density at radius 2 is 1.76 bits per heavy atom. The number of urea groups is 1. The molecular formula is C25H23FN4O3. The molecule has 0 aliphatic carbocycles. The highest BCUT2D eigenvalue weighted by Gasteiger charge is 2.22. The summed E-state index contributed by atoms with van der Waals surface area (Å²) in [5.41, 5.74) is 1.75. The van der Waals surface area contributed by atoms with Crippen molar-refractivity contribution in [1.29, 1.82) is 0 Å². The van der Waals surface area contributed by atoms with E-state index in [0.29, 0.717) is 36.0 Å². The van der Waals surface area contributed by atoms with Gasteiger partial charge in [0.1, 0.15) is 17.3 Å². The second kappa shape index (κ2) is 9.30. The van der Waals surface area contributed by atoms with Gasteiger partial charge in [-0.15, -0.1) is 0 Å². The van der Waals surface area contributed by atoms with Crippen molar-refractivity contribution in [2.24, 2.45) is 0 Å². The Labute approximate surface area is 190 Å². The van der Waals surface area contributed by atoms with E-state index in [4.69, 9.17) is 9.26 Å². The van der Waals surface area contributed by atoms with Crippen molar-refractivity contribution in [3.8, 4) is 11.5 Å². The van der Waals surface area contributed by atoms with Crippen molar-refractivity contribution in [3.63, 3.8) is 0 Å². The first kappa shape index (κ1) is 21.0. The molecule has 1 saturated heterocycles. The Balaban J connectivity index is 1.14. The average Bonchev–Trinajstić information content (AvgIpc) is 3.24. The van der Waals surface area contributed by atoms with E-state index in [0.717, 1.165) is 30.6 Å². The molecule has 33 heavy (non-hydrogen) atoms. The number of amides is 2. The quantitative estimate of drug-likeness (QED) is 0.461. The van der Waals surface area contributed by atoms with Crippen molar-refractivity contribution < 1.29 is 18.4 Å². The second-order valence-corrected chi connectivity index (χ2v) is 7.92. The van der Waals surface area contributed by atoms with Crippen LogP contribution >= 0.6 is 0 Å². The molecule has 0 bridgehead atoms. The van der Waals surface area contributed by atoms with Gasteiger partial charge in [-0.25, -0.2) is 9.18 Å². The Morgan fingerprint density at radius 1 is 0.970 bits per heavy atom. The molecule has 1 N–H and O–H groups in total. The predicted octanol–water partition coefficient (Wildman–Crippen LogP) is 5.11. The van der Waals surface area contributed by atoms with Crippen LogP contribution in [0.25, 0.3) is 11.0 Å². The Morgan fingerprint density at radius 3 is 2.58 bits per heavy atom. The van der Waals surface area contributed by atoms with Gasteiger partial charge in [-0.2, -0.15) is 0 Å². The van der Waals surface area contributed by atoms with Gasteiger partial charge in [0.25, 0.3) is 0 Å². The average molecular weight is 446 g/mol. The number of piperazine rings is 1. The molecule has 1 aliphatic rings.